The molecule has 2 aromatic carbocycles. The van der Waals surface area contributed by atoms with Crippen LogP contribution < -0.4 is 16.2 Å². The fourth-order valence-electron chi connectivity index (χ4n) is 5.03. The van der Waals surface area contributed by atoms with Crippen molar-refractivity contribution in [2.45, 2.75) is 30.5 Å². The number of hydrogen-bond donors (Lipinski definition) is 2. The van der Waals surface area contributed by atoms with Crippen molar-refractivity contribution in [3.63, 3.8) is 0 Å². The highest BCUT2D eigenvalue weighted by atomic mass is 16.2. The average molecular weight is 344 g/mol. The van der Waals surface area contributed by atoms with E-state index in [1.807, 2.05) is 49.4 Å². The number of anilines is 1. The lowest BCUT2D eigenvalue weighted by atomic mass is 9.70. The molecule has 4 aliphatic heterocycles. The zero-order valence-corrected chi connectivity index (χ0v) is 14.1. The number of amides is 1. The molecule has 6 heteroatoms. The van der Waals surface area contributed by atoms with E-state index in [0.29, 0.717) is 16.7 Å². The van der Waals surface area contributed by atoms with Gasteiger partial charge in [0, 0.05) is 11.6 Å². The molecule has 0 spiro atoms. The maximum Gasteiger partial charge on any atom is 0.262 e. The fourth-order valence-corrected chi connectivity index (χ4v) is 5.03. The molecule has 2 unspecified atom stereocenters. The minimum atomic E-state index is -0.751. The standard InChI is InChI=1S/C20H16N4O2/c1-20-16-14(10-6-2-4-8-12(10)21-16)15(17(25)23-20)24-18(26)11-7-3-5-9-13(11)22-19(20)24/h2-9,14-16,21H,1H3,(H,23,25)/t14?,15-,16?,20-/m1/s1. The average Bonchev–Trinajstić information content (AvgIpc) is 3.04. The maximum absolute atomic E-state index is 13.3. The van der Waals surface area contributed by atoms with Gasteiger partial charge in [-0.25, -0.2) is 4.98 Å². The minimum absolute atomic E-state index is 0.0318. The van der Waals surface area contributed by atoms with Crippen molar-refractivity contribution in [1.82, 2.24) is 14.9 Å². The van der Waals surface area contributed by atoms with Gasteiger partial charge in [-0.15, -0.1) is 0 Å². The number of nitrogens with zero attached hydrogens (tertiary/aromatic N) is 2. The van der Waals surface area contributed by atoms with Gasteiger partial charge < -0.3 is 10.6 Å². The van der Waals surface area contributed by atoms with E-state index < -0.39 is 11.6 Å². The SMILES string of the molecule is C[C@@]12NC(=O)[C@@H](C3c4ccccc4NC31)n1c2nc2ccccc2c1=O. The summed E-state index contributed by atoms with van der Waals surface area (Å²) in [4.78, 5) is 31.0. The third-order valence-corrected chi connectivity index (χ3v) is 6.15. The molecule has 26 heavy (non-hydrogen) atoms. The first kappa shape index (κ1) is 14.1. The summed E-state index contributed by atoms with van der Waals surface area (Å²) in [7, 11) is 0. The van der Waals surface area contributed by atoms with Crippen LogP contribution in [0.1, 0.15) is 30.3 Å². The van der Waals surface area contributed by atoms with Crippen LogP contribution in [0, 0.1) is 0 Å². The highest BCUT2D eigenvalue weighted by molar-refractivity contribution is 5.89. The van der Waals surface area contributed by atoms with Crippen LogP contribution in [-0.2, 0) is 10.3 Å². The summed E-state index contributed by atoms with van der Waals surface area (Å²) in [6.45, 7) is 1.96. The first-order valence-electron chi connectivity index (χ1n) is 8.79. The number of carbonyl (C=O) groups is 1. The van der Waals surface area contributed by atoms with Gasteiger partial charge in [0.25, 0.3) is 5.56 Å². The normalized spacial score (nSPS) is 30.3. The molecule has 2 N–H and O–H groups in total. The molecule has 0 aliphatic carbocycles. The van der Waals surface area contributed by atoms with Crippen LogP contribution in [0.15, 0.2) is 53.3 Å². The van der Waals surface area contributed by atoms with Gasteiger partial charge in [-0.1, -0.05) is 30.3 Å². The zero-order valence-electron chi connectivity index (χ0n) is 14.1. The van der Waals surface area contributed by atoms with Gasteiger partial charge in [-0.05, 0) is 30.7 Å². The molecule has 6 nitrogen and oxygen atoms in total. The van der Waals surface area contributed by atoms with Gasteiger partial charge in [0.15, 0.2) is 0 Å². The highest BCUT2D eigenvalue weighted by Crippen LogP contribution is 2.54. The second kappa shape index (κ2) is 4.33. The maximum atomic E-state index is 13.3. The molecule has 1 amide bonds. The number of piperidine rings is 1. The molecule has 4 atom stereocenters. The number of nitrogens with one attached hydrogen (secondary N) is 2. The summed E-state index contributed by atoms with van der Waals surface area (Å²) in [5.41, 5.74) is 1.90. The number of benzene rings is 2. The minimum Gasteiger partial charge on any atom is -0.379 e. The molecule has 0 saturated carbocycles. The molecule has 4 aliphatic rings. The van der Waals surface area contributed by atoms with Crippen LogP contribution in [0.2, 0.25) is 0 Å². The molecule has 1 fully saturated rings. The zero-order chi connectivity index (χ0) is 17.6. The van der Waals surface area contributed by atoms with Crippen molar-refractivity contribution >= 4 is 22.5 Å². The predicted octanol–water partition coefficient (Wildman–Crippen LogP) is 1.87. The van der Waals surface area contributed by atoms with Crippen LogP contribution in [0.4, 0.5) is 5.69 Å². The number of fused-ring (bicyclic) bond motifs is 3. The smallest absolute Gasteiger partial charge is 0.262 e. The molecule has 3 aromatic rings. The highest BCUT2D eigenvalue weighted by Gasteiger charge is 2.62. The Morgan fingerprint density at radius 2 is 1.85 bits per heavy atom. The van der Waals surface area contributed by atoms with Gasteiger partial charge in [0.05, 0.1) is 16.9 Å². The second-order valence-electron chi connectivity index (χ2n) is 7.50. The summed E-state index contributed by atoms with van der Waals surface area (Å²) in [5.74, 6) is 0.435. The number of hydrogen-bond acceptors (Lipinski definition) is 4. The Balaban J connectivity index is 1.73. The monoisotopic (exact) mass is 344 g/mol. The quantitative estimate of drug-likeness (QED) is 0.653. The van der Waals surface area contributed by atoms with Gasteiger partial charge in [-0.2, -0.15) is 0 Å². The van der Waals surface area contributed by atoms with Crippen molar-refractivity contribution in [1.29, 1.82) is 0 Å². The molecular weight excluding hydrogens is 328 g/mol. The lowest BCUT2D eigenvalue weighted by Crippen LogP contribution is -2.70. The molecule has 1 saturated heterocycles. The van der Waals surface area contributed by atoms with Crippen molar-refractivity contribution in [2.75, 3.05) is 5.32 Å². The summed E-state index contributed by atoms with van der Waals surface area (Å²) in [6.07, 6.45) is 0. The molecule has 7 rings (SSSR count). The number of rotatable bonds is 0. The molecule has 0 radical (unpaired) electrons. The third kappa shape index (κ3) is 1.43. The van der Waals surface area contributed by atoms with Gasteiger partial charge in [-0.3, -0.25) is 14.2 Å². The van der Waals surface area contributed by atoms with E-state index in [-0.39, 0.29) is 23.4 Å². The Morgan fingerprint density at radius 3 is 2.73 bits per heavy atom. The predicted molar refractivity (Wildman–Crippen MR) is 97.1 cm³/mol. The van der Waals surface area contributed by atoms with Crippen LogP contribution in [-0.4, -0.2) is 21.5 Å². The van der Waals surface area contributed by atoms with Gasteiger partial charge in [0.2, 0.25) is 5.91 Å². The lowest BCUT2D eigenvalue weighted by Gasteiger charge is -2.52. The first-order chi connectivity index (χ1) is 12.6. The Labute approximate surface area is 148 Å². The Bertz CT molecular complexity index is 1180. The molecular formula is C20H16N4O2. The van der Waals surface area contributed by atoms with Crippen molar-refractivity contribution in [3.05, 3.63) is 70.3 Å². The van der Waals surface area contributed by atoms with Crippen LogP contribution in [0.25, 0.3) is 10.9 Å². The molecule has 128 valence electrons. The molecule has 2 bridgehead atoms. The Morgan fingerprint density at radius 1 is 1.08 bits per heavy atom. The largest absolute Gasteiger partial charge is 0.379 e. The summed E-state index contributed by atoms with van der Waals surface area (Å²) < 4.78 is 1.63. The number of para-hydroxylation sites is 2. The van der Waals surface area contributed by atoms with Crippen LogP contribution >= 0.6 is 0 Å². The second-order valence-corrected chi connectivity index (χ2v) is 7.50. The van der Waals surface area contributed by atoms with Crippen LogP contribution in [0.5, 0.6) is 0 Å². The lowest BCUT2D eigenvalue weighted by molar-refractivity contribution is -0.133. The number of carbonyl (C=O) groups excluding carboxylic acids is 1. The van der Waals surface area contributed by atoms with Crippen LogP contribution in [0.3, 0.4) is 0 Å². The van der Waals surface area contributed by atoms with Crippen molar-refractivity contribution < 1.29 is 4.79 Å². The summed E-state index contributed by atoms with van der Waals surface area (Å²) in [6, 6.07) is 14.7. The van der Waals surface area contributed by atoms with E-state index in [4.69, 9.17) is 4.98 Å². The third-order valence-electron chi connectivity index (χ3n) is 6.15. The van der Waals surface area contributed by atoms with E-state index in [1.54, 1.807) is 10.6 Å². The first-order valence-corrected chi connectivity index (χ1v) is 8.79. The Hall–Kier alpha value is -3.15. The molecule has 1 aromatic heterocycles. The van der Waals surface area contributed by atoms with E-state index in [1.165, 1.54) is 0 Å². The summed E-state index contributed by atoms with van der Waals surface area (Å²) in [5, 5.41) is 7.24. The summed E-state index contributed by atoms with van der Waals surface area (Å²) >= 11 is 0. The van der Waals surface area contributed by atoms with Gasteiger partial charge >= 0.3 is 0 Å². The van der Waals surface area contributed by atoms with E-state index >= 15 is 0 Å². The van der Waals surface area contributed by atoms with Crippen molar-refractivity contribution in [3.8, 4) is 0 Å². The van der Waals surface area contributed by atoms with Gasteiger partial charge in [0.1, 0.15) is 17.4 Å². The number of aromatic nitrogens is 2. The van der Waals surface area contributed by atoms with Crippen molar-refractivity contribution in [2.24, 2.45) is 0 Å². The Kier molecular flexibility index (Phi) is 2.34. The fraction of sp³-hybridized carbons (Fsp3) is 0.250. The van der Waals surface area contributed by atoms with E-state index in [0.717, 1.165) is 11.3 Å². The topological polar surface area (TPSA) is 76.0 Å². The molecule has 5 heterocycles. The van der Waals surface area contributed by atoms with E-state index in [9.17, 15) is 9.59 Å². The van der Waals surface area contributed by atoms with E-state index in [2.05, 4.69) is 10.6 Å².